The van der Waals surface area contributed by atoms with Gasteiger partial charge >= 0.3 is 5.97 Å². The van der Waals surface area contributed by atoms with Gasteiger partial charge in [0.2, 0.25) is 0 Å². The zero-order chi connectivity index (χ0) is 20.2. The van der Waals surface area contributed by atoms with Gasteiger partial charge in [-0.1, -0.05) is 36.2 Å². The third kappa shape index (κ3) is 4.22. The van der Waals surface area contributed by atoms with Crippen LogP contribution in [0.1, 0.15) is 40.9 Å². The predicted molar refractivity (Wildman–Crippen MR) is 111 cm³/mol. The van der Waals surface area contributed by atoms with Crippen molar-refractivity contribution in [3.05, 3.63) is 64.6 Å². The number of esters is 1. The topological polar surface area (TPSA) is 81.2 Å². The average molecular weight is 410 g/mol. The van der Waals surface area contributed by atoms with Crippen molar-refractivity contribution in [2.45, 2.75) is 32.1 Å². The second kappa shape index (κ2) is 8.57. The zero-order valence-corrected chi connectivity index (χ0v) is 16.5. The van der Waals surface area contributed by atoms with Crippen molar-refractivity contribution in [2.24, 2.45) is 0 Å². The Morgan fingerprint density at radius 2 is 1.90 bits per heavy atom. The number of nitrogens with zero attached hydrogens (tertiary/aromatic N) is 2. The summed E-state index contributed by atoms with van der Waals surface area (Å²) >= 11 is 5.95. The molecule has 4 rings (SSSR count). The van der Waals surface area contributed by atoms with Gasteiger partial charge in [0.05, 0.1) is 16.8 Å². The van der Waals surface area contributed by atoms with Gasteiger partial charge in [-0.2, -0.15) is 0 Å². The number of anilines is 1. The fraction of sp³-hybridized carbons (Fsp3) is 0.273. The average Bonchev–Trinajstić information content (AvgIpc) is 2.97. The first-order valence-electron chi connectivity index (χ1n) is 9.61. The van der Waals surface area contributed by atoms with Gasteiger partial charge in [0, 0.05) is 17.3 Å². The number of pyridine rings is 2. The molecule has 0 saturated carbocycles. The maximum Gasteiger partial charge on any atom is 0.339 e. The van der Waals surface area contributed by atoms with Gasteiger partial charge in [0.1, 0.15) is 0 Å². The molecule has 0 bridgehead atoms. The van der Waals surface area contributed by atoms with Gasteiger partial charge in [-0.15, -0.1) is 0 Å². The van der Waals surface area contributed by atoms with Crippen LogP contribution in [-0.2, 0) is 22.4 Å². The Kier molecular flexibility index (Phi) is 5.71. The molecule has 29 heavy (non-hydrogen) atoms. The number of ether oxygens (including phenoxy) is 1. The lowest BCUT2D eigenvalue weighted by atomic mass is 9.97. The molecule has 0 fully saturated rings. The number of carbonyl (C=O) groups is 2. The molecule has 0 unspecified atom stereocenters. The minimum atomic E-state index is -0.505. The number of benzene rings is 1. The molecule has 1 amide bonds. The third-order valence-corrected chi connectivity index (χ3v) is 5.29. The molecule has 1 aromatic carbocycles. The highest BCUT2D eigenvalue weighted by atomic mass is 35.5. The van der Waals surface area contributed by atoms with Crippen LogP contribution < -0.4 is 5.32 Å². The van der Waals surface area contributed by atoms with Crippen LogP contribution in [0.15, 0.2) is 42.6 Å². The number of nitrogens with one attached hydrogen (secondary N) is 1. The van der Waals surface area contributed by atoms with Crippen LogP contribution in [0.4, 0.5) is 5.69 Å². The summed E-state index contributed by atoms with van der Waals surface area (Å²) in [6, 6.07) is 10.8. The van der Waals surface area contributed by atoms with Crippen molar-refractivity contribution in [3.63, 3.8) is 0 Å². The van der Waals surface area contributed by atoms with Gasteiger partial charge in [-0.25, -0.2) is 9.78 Å². The van der Waals surface area contributed by atoms with Crippen molar-refractivity contribution in [1.29, 1.82) is 0 Å². The number of fused-ring (bicyclic) bond motifs is 2. The molecule has 0 radical (unpaired) electrons. The molecule has 3 aromatic rings. The Hall–Kier alpha value is -2.99. The normalized spacial score (nSPS) is 13.4. The first-order chi connectivity index (χ1) is 14.1. The highest BCUT2D eigenvalue weighted by molar-refractivity contribution is 6.32. The van der Waals surface area contributed by atoms with E-state index in [4.69, 9.17) is 21.3 Å². The second-order valence-corrected chi connectivity index (χ2v) is 7.31. The number of carbonyl (C=O) groups excluding carboxylic acids is 2. The van der Waals surface area contributed by atoms with Gasteiger partial charge in [0.15, 0.2) is 11.8 Å². The molecule has 0 aliphatic heterocycles. The quantitative estimate of drug-likeness (QED) is 0.393. The zero-order valence-electron chi connectivity index (χ0n) is 15.8. The third-order valence-electron chi connectivity index (χ3n) is 4.99. The number of amides is 1. The first-order valence-corrected chi connectivity index (χ1v) is 9.99. The van der Waals surface area contributed by atoms with Crippen molar-refractivity contribution < 1.29 is 14.3 Å². The Morgan fingerprint density at radius 1 is 1.07 bits per heavy atom. The van der Waals surface area contributed by atoms with E-state index in [0.717, 1.165) is 54.3 Å². The van der Waals surface area contributed by atoms with Gasteiger partial charge in [-0.05, 0) is 49.4 Å². The van der Waals surface area contributed by atoms with E-state index in [-0.39, 0.29) is 5.15 Å². The Morgan fingerprint density at radius 3 is 2.76 bits per heavy atom. The van der Waals surface area contributed by atoms with Crippen molar-refractivity contribution >= 4 is 40.1 Å². The second-order valence-electron chi connectivity index (χ2n) is 6.96. The lowest BCUT2D eigenvalue weighted by Gasteiger charge is -2.15. The van der Waals surface area contributed by atoms with Gasteiger partial charge < -0.3 is 10.1 Å². The van der Waals surface area contributed by atoms with E-state index in [0.29, 0.717) is 11.3 Å². The number of halogens is 1. The highest BCUT2D eigenvalue weighted by Gasteiger charge is 2.23. The molecule has 2 aromatic heterocycles. The molecular formula is C22H20ClN3O3. The number of hydrogen-bond donors (Lipinski definition) is 1. The first kappa shape index (κ1) is 19.3. The number of aromatic nitrogens is 2. The van der Waals surface area contributed by atoms with Crippen molar-refractivity contribution in [3.8, 4) is 0 Å². The van der Waals surface area contributed by atoms with E-state index in [9.17, 15) is 9.59 Å². The summed E-state index contributed by atoms with van der Waals surface area (Å²) in [5, 5.41) is 3.54. The molecule has 0 saturated heterocycles. The van der Waals surface area contributed by atoms with Crippen LogP contribution in [-0.4, -0.2) is 28.5 Å². The fourth-order valence-electron chi connectivity index (χ4n) is 3.65. The molecule has 7 heteroatoms. The summed E-state index contributed by atoms with van der Waals surface area (Å²) in [5.74, 6) is -0.980. The minimum absolute atomic E-state index is 0.178. The van der Waals surface area contributed by atoms with E-state index >= 15 is 0 Å². The van der Waals surface area contributed by atoms with Crippen LogP contribution in [0.2, 0.25) is 5.15 Å². The maximum atomic E-state index is 13.0. The van der Waals surface area contributed by atoms with Crippen LogP contribution in [0.25, 0.3) is 10.9 Å². The summed E-state index contributed by atoms with van der Waals surface area (Å²) < 4.78 is 5.37. The standard InChI is InChI=1S/C22H20ClN3O3/c23-21-18(11-6-12-24-21)26-19(27)13-29-22(28)20-14-7-2-1-3-9-16(14)25-17-10-5-4-8-15(17)20/h4-6,8,10-12H,1-3,7,9,13H2,(H,26,27). The number of rotatable bonds is 4. The summed E-state index contributed by atoms with van der Waals surface area (Å²) in [7, 11) is 0. The van der Waals surface area contributed by atoms with Gasteiger partial charge in [-0.3, -0.25) is 9.78 Å². The molecule has 1 aliphatic carbocycles. The summed E-state index contributed by atoms with van der Waals surface area (Å²) in [6.07, 6.45) is 6.33. The van der Waals surface area contributed by atoms with E-state index < -0.39 is 18.5 Å². The monoisotopic (exact) mass is 409 g/mol. The number of hydrogen-bond acceptors (Lipinski definition) is 5. The SMILES string of the molecule is O=C(COC(=O)c1c2c(nc3ccccc13)CCCCC2)Nc1cccnc1Cl. The molecule has 1 aliphatic rings. The highest BCUT2D eigenvalue weighted by Crippen LogP contribution is 2.29. The summed E-state index contributed by atoms with van der Waals surface area (Å²) in [6.45, 7) is -0.407. The van der Waals surface area contributed by atoms with Crippen LogP contribution >= 0.6 is 11.6 Å². The smallest absolute Gasteiger partial charge is 0.339 e. The lowest BCUT2D eigenvalue weighted by Crippen LogP contribution is -2.22. The van der Waals surface area contributed by atoms with Crippen LogP contribution in [0, 0.1) is 0 Å². The van der Waals surface area contributed by atoms with Crippen molar-refractivity contribution in [2.75, 3.05) is 11.9 Å². The summed E-state index contributed by atoms with van der Waals surface area (Å²) in [5.41, 5.74) is 3.58. The molecule has 1 N–H and O–H groups in total. The lowest BCUT2D eigenvalue weighted by molar-refractivity contribution is -0.119. The van der Waals surface area contributed by atoms with Crippen LogP contribution in [0.3, 0.4) is 0 Å². The Balaban J connectivity index is 1.57. The minimum Gasteiger partial charge on any atom is -0.452 e. The molecule has 148 valence electrons. The number of aryl methyl sites for hydroxylation is 1. The fourth-order valence-corrected chi connectivity index (χ4v) is 3.82. The molecule has 2 heterocycles. The molecule has 0 spiro atoms. The van der Waals surface area contributed by atoms with E-state index in [1.165, 1.54) is 6.20 Å². The Labute approximate surface area is 173 Å². The predicted octanol–water partition coefficient (Wildman–Crippen LogP) is 4.35. The molecular weight excluding hydrogens is 390 g/mol. The maximum absolute atomic E-state index is 13.0. The van der Waals surface area contributed by atoms with E-state index in [1.54, 1.807) is 12.1 Å². The van der Waals surface area contributed by atoms with Crippen molar-refractivity contribution in [1.82, 2.24) is 9.97 Å². The van der Waals surface area contributed by atoms with Gasteiger partial charge in [0.25, 0.3) is 5.91 Å². The largest absolute Gasteiger partial charge is 0.452 e. The molecule has 6 nitrogen and oxygen atoms in total. The Bertz CT molecular complexity index is 1080. The molecule has 0 atom stereocenters. The van der Waals surface area contributed by atoms with E-state index in [2.05, 4.69) is 10.3 Å². The number of para-hydroxylation sites is 1. The van der Waals surface area contributed by atoms with E-state index in [1.807, 2.05) is 24.3 Å². The van der Waals surface area contributed by atoms with Crippen LogP contribution in [0.5, 0.6) is 0 Å². The summed E-state index contributed by atoms with van der Waals surface area (Å²) in [4.78, 5) is 33.9.